The summed E-state index contributed by atoms with van der Waals surface area (Å²) in [5.41, 5.74) is 1.62. The lowest BCUT2D eigenvalue weighted by atomic mass is 9.94. The summed E-state index contributed by atoms with van der Waals surface area (Å²) < 4.78 is 5.40. The van der Waals surface area contributed by atoms with Crippen molar-refractivity contribution in [3.05, 3.63) is 29.3 Å². The molecule has 7 heteroatoms. The number of fused-ring (bicyclic) bond motifs is 1. The molecule has 7 nitrogen and oxygen atoms in total. The molecule has 3 N–H and O–H groups in total. The number of hydrogen-bond acceptors (Lipinski definition) is 5. The number of ether oxygens (including phenoxy) is 1. The zero-order chi connectivity index (χ0) is 22.3. The smallest absolute Gasteiger partial charge is 0.407 e. The van der Waals surface area contributed by atoms with Crippen LogP contribution in [0.3, 0.4) is 0 Å². The minimum atomic E-state index is -0.562. The summed E-state index contributed by atoms with van der Waals surface area (Å²) in [7, 11) is 1.90. The first-order chi connectivity index (χ1) is 14.1. The van der Waals surface area contributed by atoms with E-state index in [1.54, 1.807) is 12.1 Å². The molecule has 0 aromatic heterocycles. The topological polar surface area (TPSA) is 90.9 Å². The van der Waals surface area contributed by atoms with Crippen LogP contribution < -0.4 is 10.6 Å². The van der Waals surface area contributed by atoms with Gasteiger partial charge < -0.3 is 25.4 Å². The zero-order valence-electron chi connectivity index (χ0n) is 19.0. The van der Waals surface area contributed by atoms with Gasteiger partial charge in [-0.1, -0.05) is 13.0 Å². The number of nitrogens with zero attached hydrogens (tertiary/aromatic N) is 1. The first-order valence-electron chi connectivity index (χ1n) is 10.8. The van der Waals surface area contributed by atoms with Crippen molar-refractivity contribution in [1.82, 2.24) is 15.5 Å². The summed E-state index contributed by atoms with van der Waals surface area (Å²) in [4.78, 5) is 27.2. The van der Waals surface area contributed by atoms with Gasteiger partial charge >= 0.3 is 6.09 Å². The average molecular weight is 420 g/mol. The van der Waals surface area contributed by atoms with E-state index in [1.165, 1.54) is 5.56 Å². The van der Waals surface area contributed by atoms with Gasteiger partial charge in [0, 0.05) is 25.0 Å². The van der Waals surface area contributed by atoms with Crippen molar-refractivity contribution in [2.24, 2.45) is 5.92 Å². The maximum Gasteiger partial charge on any atom is 0.407 e. The molecule has 1 heterocycles. The predicted molar refractivity (Wildman–Crippen MR) is 117 cm³/mol. The molecule has 2 rings (SSSR count). The predicted octanol–water partition coefficient (Wildman–Crippen LogP) is 3.20. The zero-order valence-corrected chi connectivity index (χ0v) is 19.0. The highest BCUT2D eigenvalue weighted by Gasteiger charge is 2.28. The number of alkyl carbamates (subject to hydrolysis) is 1. The minimum Gasteiger partial charge on any atom is -0.508 e. The van der Waals surface area contributed by atoms with E-state index in [0.717, 1.165) is 31.4 Å². The summed E-state index contributed by atoms with van der Waals surface area (Å²) in [5.74, 6) is 0.0780. The standard InChI is InChI=1S/C23H37N3O4/c1-16(13-19(7-6-11-24-5)25-22(29)30-23(2,3)4)21(28)26-12-10-17-8-9-20(27)14-18(17)15-26/h8-9,14,16,19,24,27H,6-7,10-13,15H2,1-5H3,(H,25,29). The summed E-state index contributed by atoms with van der Waals surface area (Å²) in [5, 5.41) is 15.8. The first kappa shape index (κ1) is 24.0. The SMILES string of the molecule is CNCCCC(CC(C)C(=O)N1CCc2ccc(O)cc2C1)NC(=O)OC(C)(C)C. The second kappa shape index (κ2) is 10.7. The van der Waals surface area contributed by atoms with Crippen molar-refractivity contribution in [3.8, 4) is 5.75 Å². The van der Waals surface area contributed by atoms with E-state index in [-0.39, 0.29) is 23.6 Å². The lowest BCUT2D eigenvalue weighted by Gasteiger charge is -2.32. The number of amides is 2. The monoisotopic (exact) mass is 419 g/mol. The maximum absolute atomic E-state index is 13.1. The molecule has 0 fully saturated rings. The Bertz CT molecular complexity index is 730. The Balaban J connectivity index is 1.98. The van der Waals surface area contributed by atoms with Gasteiger partial charge in [0.25, 0.3) is 0 Å². The normalized spacial score (nSPS) is 15.8. The number of carbonyl (C=O) groups is 2. The molecular weight excluding hydrogens is 382 g/mol. The number of hydrogen-bond donors (Lipinski definition) is 3. The third-order valence-electron chi connectivity index (χ3n) is 5.27. The molecule has 0 bridgehead atoms. The van der Waals surface area contributed by atoms with E-state index in [4.69, 9.17) is 4.74 Å². The van der Waals surface area contributed by atoms with Crippen LogP contribution in [0.1, 0.15) is 58.1 Å². The van der Waals surface area contributed by atoms with Crippen LogP contribution >= 0.6 is 0 Å². The van der Waals surface area contributed by atoms with Gasteiger partial charge in [-0.15, -0.1) is 0 Å². The number of aromatic hydroxyl groups is 1. The van der Waals surface area contributed by atoms with Crippen LogP contribution in [0.2, 0.25) is 0 Å². The summed E-state index contributed by atoms with van der Waals surface area (Å²) >= 11 is 0. The van der Waals surface area contributed by atoms with Gasteiger partial charge in [0.2, 0.25) is 5.91 Å². The molecule has 1 aromatic carbocycles. The van der Waals surface area contributed by atoms with Crippen molar-refractivity contribution in [2.75, 3.05) is 20.1 Å². The van der Waals surface area contributed by atoms with E-state index < -0.39 is 11.7 Å². The lowest BCUT2D eigenvalue weighted by Crippen LogP contribution is -2.43. The lowest BCUT2D eigenvalue weighted by molar-refractivity contribution is -0.136. The van der Waals surface area contributed by atoms with Crippen molar-refractivity contribution in [3.63, 3.8) is 0 Å². The largest absolute Gasteiger partial charge is 0.508 e. The number of benzene rings is 1. The summed E-state index contributed by atoms with van der Waals surface area (Å²) in [6, 6.07) is 5.23. The van der Waals surface area contributed by atoms with Gasteiger partial charge in [-0.05, 0) is 83.3 Å². The molecule has 1 aliphatic rings. The van der Waals surface area contributed by atoms with E-state index >= 15 is 0 Å². The third-order valence-corrected chi connectivity index (χ3v) is 5.27. The fourth-order valence-corrected chi connectivity index (χ4v) is 3.82. The number of carbonyl (C=O) groups excluding carboxylic acids is 2. The van der Waals surface area contributed by atoms with Crippen LogP contribution in [0, 0.1) is 5.92 Å². The Morgan fingerprint density at radius 3 is 2.67 bits per heavy atom. The molecule has 1 aromatic rings. The van der Waals surface area contributed by atoms with Gasteiger partial charge in [0.15, 0.2) is 0 Å². The Hall–Kier alpha value is -2.28. The molecule has 0 saturated heterocycles. The molecule has 0 radical (unpaired) electrons. The number of nitrogens with one attached hydrogen (secondary N) is 2. The van der Waals surface area contributed by atoms with E-state index in [0.29, 0.717) is 19.5 Å². The fraction of sp³-hybridized carbons (Fsp3) is 0.652. The number of rotatable bonds is 8. The van der Waals surface area contributed by atoms with Crippen LogP contribution in [-0.4, -0.2) is 53.8 Å². The fourth-order valence-electron chi connectivity index (χ4n) is 3.82. The molecule has 2 amide bonds. The Morgan fingerprint density at radius 2 is 2.00 bits per heavy atom. The molecule has 30 heavy (non-hydrogen) atoms. The van der Waals surface area contributed by atoms with E-state index in [2.05, 4.69) is 10.6 Å². The highest BCUT2D eigenvalue weighted by Crippen LogP contribution is 2.25. The Labute approximate surface area is 180 Å². The molecular formula is C23H37N3O4. The van der Waals surface area contributed by atoms with Gasteiger partial charge in [0.05, 0.1) is 0 Å². The average Bonchev–Trinajstić information content (AvgIpc) is 2.65. The van der Waals surface area contributed by atoms with Crippen molar-refractivity contribution in [2.45, 2.75) is 71.6 Å². The molecule has 0 saturated carbocycles. The molecule has 2 unspecified atom stereocenters. The summed E-state index contributed by atoms with van der Waals surface area (Å²) in [6.07, 6.45) is 2.57. The minimum absolute atomic E-state index is 0.0774. The highest BCUT2D eigenvalue weighted by atomic mass is 16.6. The number of phenolic OH excluding ortho intramolecular Hbond substituents is 1. The molecule has 0 aliphatic carbocycles. The van der Waals surface area contributed by atoms with E-state index in [9.17, 15) is 14.7 Å². The molecule has 0 spiro atoms. The van der Waals surface area contributed by atoms with Crippen molar-refractivity contribution < 1.29 is 19.4 Å². The molecule has 1 aliphatic heterocycles. The van der Waals surface area contributed by atoms with Gasteiger partial charge in [0.1, 0.15) is 11.4 Å². The highest BCUT2D eigenvalue weighted by molar-refractivity contribution is 5.79. The van der Waals surface area contributed by atoms with Crippen LogP contribution in [0.25, 0.3) is 0 Å². The van der Waals surface area contributed by atoms with Crippen LogP contribution in [0.4, 0.5) is 4.79 Å². The van der Waals surface area contributed by atoms with Crippen molar-refractivity contribution >= 4 is 12.0 Å². The van der Waals surface area contributed by atoms with Crippen LogP contribution in [0.5, 0.6) is 5.75 Å². The molecule has 2 atom stereocenters. The summed E-state index contributed by atoms with van der Waals surface area (Å²) in [6.45, 7) is 9.45. The van der Waals surface area contributed by atoms with Crippen LogP contribution in [0.15, 0.2) is 18.2 Å². The Morgan fingerprint density at radius 1 is 1.27 bits per heavy atom. The van der Waals surface area contributed by atoms with Crippen molar-refractivity contribution in [1.29, 1.82) is 0 Å². The van der Waals surface area contributed by atoms with Gasteiger partial charge in [-0.3, -0.25) is 4.79 Å². The number of phenols is 1. The van der Waals surface area contributed by atoms with Gasteiger partial charge in [-0.2, -0.15) is 0 Å². The third kappa shape index (κ3) is 7.52. The first-order valence-corrected chi connectivity index (χ1v) is 10.8. The Kier molecular flexibility index (Phi) is 8.53. The molecule has 168 valence electrons. The maximum atomic E-state index is 13.1. The van der Waals surface area contributed by atoms with Crippen LogP contribution in [-0.2, 0) is 22.5 Å². The van der Waals surface area contributed by atoms with Gasteiger partial charge in [-0.25, -0.2) is 4.79 Å². The van der Waals surface area contributed by atoms with E-state index in [1.807, 2.05) is 45.7 Å². The quantitative estimate of drug-likeness (QED) is 0.563. The second-order valence-electron chi connectivity index (χ2n) is 9.19. The second-order valence-corrected chi connectivity index (χ2v) is 9.19.